The summed E-state index contributed by atoms with van der Waals surface area (Å²) >= 11 is 3.41. The zero-order valence-corrected chi connectivity index (χ0v) is 14.4. The molecule has 1 aliphatic heterocycles. The molecule has 0 spiro atoms. The first-order chi connectivity index (χ1) is 9.91. The molecule has 21 heavy (non-hydrogen) atoms. The average Bonchev–Trinajstić information content (AvgIpc) is 2.91. The lowest BCUT2D eigenvalue weighted by molar-refractivity contribution is 0.282. The van der Waals surface area contributed by atoms with Gasteiger partial charge in [-0.2, -0.15) is 4.31 Å². The first-order valence-electron chi connectivity index (χ1n) is 6.84. The van der Waals surface area contributed by atoms with Crippen LogP contribution in [0.1, 0.15) is 24.2 Å². The molecule has 1 atom stereocenters. The quantitative estimate of drug-likeness (QED) is 0.815. The predicted molar refractivity (Wildman–Crippen MR) is 85.6 cm³/mol. The third-order valence-electron chi connectivity index (χ3n) is 4.02. The van der Waals surface area contributed by atoms with Gasteiger partial charge in [0.2, 0.25) is 10.0 Å². The number of halogens is 1. The highest BCUT2D eigenvalue weighted by atomic mass is 79.9. The maximum absolute atomic E-state index is 12.9. The van der Waals surface area contributed by atoms with E-state index in [1.54, 1.807) is 22.5 Å². The Morgan fingerprint density at radius 1 is 1.24 bits per heavy atom. The molecule has 4 nitrogen and oxygen atoms in total. The number of hydrogen-bond acceptors (Lipinski definition) is 2. The van der Waals surface area contributed by atoms with E-state index in [2.05, 4.69) is 20.5 Å². The van der Waals surface area contributed by atoms with Crippen LogP contribution in [0.5, 0.6) is 0 Å². The minimum absolute atomic E-state index is 0.150. The van der Waals surface area contributed by atoms with Crippen molar-refractivity contribution in [3.63, 3.8) is 0 Å². The molecule has 0 unspecified atom stereocenters. The molecule has 0 amide bonds. The van der Waals surface area contributed by atoms with Gasteiger partial charge in [0, 0.05) is 29.5 Å². The molecule has 0 aliphatic carbocycles. The molecule has 0 bridgehead atoms. The first kappa shape index (κ1) is 14.8. The Kier molecular flexibility index (Phi) is 3.71. The van der Waals surface area contributed by atoms with E-state index in [1.165, 1.54) is 0 Å². The van der Waals surface area contributed by atoms with Gasteiger partial charge in [-0.25, -0.2) is 8.42 Å². The Bertz CT molecular complexity index is 783. The first-order valence-corrected chi connectivity index (χ1v) is 9.07. The highest BCUT2D eigenvalue weighted by Crippen LogP contribution is 2.32. The van der Waals surface area contributed by atoms with Gasteiger partial charge in [-0.15, -0.1) is 0 Å². The summed E-state index contributed by atoms with van der Waals surface area (Å²) in [6, 6.07) is 8.97. The molecule has 0 N–H and O–H groups in total. The minimum Gasteiger partial charge on any atom is -0.349 e. The lowest BCUT2D eigenvalue weighted by Crippen LogP contribution is -2.40. The molecule has 1 aromatic carbocycles. The van der Waals surface area contributed by atoms with Crippen LogP contribution in [0.3, 0.4) is 0 Å². The Labute approximate surface area is 133 Å². The van der Waals surface area contributed by atoms with Crippen molar-refractivity contribution in [1.82, 2.24) is 8.87 Å². The number of rotatable bonds is 2. The molecule has 112 valence electrons. The van der Waals surface area contributed by atoms with Crippen molar-refractivity contribution >= 4 is 26.0 Å². The molecule has 1 aromatic heterocycles. The van der Waals surface area contributed by atoms with Crippen molar-refractivity contribution in [2.24, 2.45) is 0 Å². The van der Waals surface area contributed by atoms with Crippen molar-refractivity contribution in [2.75, 3.05) is 6.54 Å². The van der Waals surface area contributed by atoms with Crippen LogP contribution in [-0.2, 0) is 16.6 Å². The zero-order valence-electron chi connectivity index (χ0n) is 12.0. The van der Waals surface area contributed by atoms with Gasteiger partial charge >= 0.3 is 0 Å². The van der Waals surface area contributed by atoms with Crippen LogP contribution < -0.4 is 0 Å². The lowest BCUT2D eigenvalue weighted by atomic mass is 10.2. The SMILES string of the molecule is Cc1cc(S(=O)(=O)N2CCn3cccc3[C@H]2C)ccc1Br. The summed E-state index contributed by atoms with van der Waals surface area (Å²) < 4.78 is 30.4. The highest BCUT2D eigenvalue weighted by Gasteiger charge is 2.33. The van der Waals surface area contributed by atoms with Crippen LogP contribution in [0.15, 0.2) is 45.9 Å². The van der Waals surface area contributed by atoms with Gasteiger partial charge in [0.05, 0.1) is 10.9 Å². The van der Waals surface area contributed by atoms with E-state index >= 15 is 0 Å². The number of aromatic nitrogens is 1. The molecule has 2 heterocycles. The third-order valence-corrected chi connectivity index (χ3v) is 6.88. The second kappa shape index (κ2) is 5.26. The van der Waals surface area contributed by atoms with E-state index in [9.17, 15) is 8.42 Å². The number of nitrogens with zero attached hydrogens (tertiary/aromatic N) is 2. The fourth-order valence-corrected chi connectivity index (χ4v) is 4.73. The fourth-order valence-electron chi connectivity index (χ4n) is 2.80. The third kappa shape index (κ3) is 2.45. The lowest BCUT2D eigenvalue weighted by Gasteiger charge is -2.34. The number of aryl methyl sites for hydroxylation is 1. The predicted octanol–water partition coefficient (Wildman–Crippen LogP) is 3.32. The molecule has 0 fully saturated rings. The van der Waals surface area contributed by atoms with E-state index < -0.39 is 10.0 Å². The Balaban J connectivity index is 2.01. The smallest absolute Gasteiger partial charge is 0.243 e. The zero-order chi connectivity index (χ0) is 15.2. The number of benzene rings is 1. The van der Waals surface area contributed by atoms with E-state index in [-0.39, 0.29) is 6.04 Å². The topological polar surface area (TPSA) is 42.3 Å². The van der Waals surface area contributed by atoms with Crippen LogP contribution in [0.4, 0.5) is 0 Å². The highest BCUT2D eigenvalue weighted by molar-refractivity contribution is 9.10. The summed E-state index contributed by atoms with van der Waals surface area (Å²) in [5.74, 6) is 0. The van der Waals surface area contributed by atoms with Gasteiger partial charge in [-0.3, -0.25) is 0 Å². The van der Waals surface area contributed by atoms with Gasteiger partial charge in [-0.1, -0.05) is 15.9 Å². The van der Waals surface area contributed by atoms with Crippen molar-refractivity contribution in [2.45, 2.75) is 31.3 Å². The minimum atomic E-state index is -3.47. The Hall–Kier alpha value is -1.11. The van der Waals surface area contributed by atoms with Gasteiger partial charge in [0.25, 0.3) is 0 Å². The molecule has 3 rings (SSSR count). The van der Waals surface area contributed by atoms with Crippen LogP contribution >= 0.6 is 15.9 Å². The molecule has 0 radical (unpaired) electrons. The van der Waals surface area contributed by atoms with Crippen LogP contribution in [-0.4, -0.2) is 23.8 Å². The fraction of sp³-hybridized carbons (Fsp3) is 0.333. The van der Waals surface area contributed by atoms with Gasteiger partial charge < -0.3 is 4.57 Å². The average molecular weight is 369 g/mol. The van der Waals surface area contributed by atoms with E-state index in [0.29, 0.717) is 18.0 Å². The summed E-state index contributed by atoms with van der Waals surface area (Å²) in [5.41, 5.74) is 1.96. The van der Waals surface area contributed by atoms with E-state index in [0.717, 1.165) is 15.7 Å². The van der Waals surface area contributed by atoms with Crippen molar-refractivity contribution in [1.29, 1.82) is 0 Å². The number of fused-ring (bicyclic) bond motifs is 1. The monoisotopic (exact) mass is 368 g/mol. The number of hydrogen-bond donors (Lipinski definition) is 0. The van der Waals surface area contributed by atoms with Crippen LogP contribution in [0.25, 0.3) is 0 Å². The molecule has 0 saturated carbocycles. The molecular formula is C15H17BrN2O2S. The van der Waals surface area contributed by atoms with E-state index in [1.807, 2.05) is 32.2 Å². The summed E-state index contributed by atoms with van der Waals surface area (Å²) in [4.78, 5) is 0.357. The molecule has 1 aliphatic rings. The maximum Gasteiger partial charge on any atom is 0.243 e. The maximum atomic E-state index is 12.9. The molecule has 2 aromatic rings. The Morgan fingerprint density at radius 3 is 2.71 bits per heavy atom. The number of sulfonamides is 1. The van der Waals surface area contributed by atoms with Crippen LogP contribution in [0.2, 0.25) is 0 Å². The van der Waals surface area contributed by atoms with E-state index in [4.69, 9.17) is 0 Å². The summed E-state index contributed by atoms with van der Waals surface area (Å²) in [6.07, 6.45) is 2.00. The largest absolute Gasteiger partial charge is 0.349 e. The van der Waals surface area contributed by atoms with Gasteiger partial charge in [0.15, 0.2) is 0 Å². The molecule has 0 saturated heterocycles. The normalized spacial score (nSPS) is 19.5. The second-order valence-corrected chi connectivity index (χ2v) is 8.07. The molecular weight excluding hydrogens is 352 g/mol. The van der Waals surface area contributed by atoms with Crippen LogP contribution in [0, 0.1) is 6.92 Å². The van der Waals surface area contributed by atoms with Gasteiger partial charge in [-0.05, 0) is 49.7 Å². The van der Waals surface area contributed by atoms with Crippen molar-refractivity contribution < 1.29 is 8.42 Å². The van der Waals surface area contributed by atoms with Crippen molar-refractivity contribution in [3.8, 4) is 0 Å². The summed E-state index contributed by atoms with van der Waals surface area (Å²) in [6.45, 7) is 5.03. The standard InChI is InChI=1S/C15H17BrN2O2S/c1-11-10-13(5-6-14(11)16)21(19,20)18-9-8-17-7-3-4-15(17)12(18)2/h3-7,10,12H,8-9H2,1-2H3/t12-/m1/s1. The summed E-state index contributed by atoms with van der Waals surface area (Å²) in [5, 5.41) is 0. The Morgan fingerprint density at radius 2 is 2.00 bits per heavy atom. The molecule has 6 heteroatoms. The summed E-state index contributed by atoms with van der Waals surface area (Å²) in [7, 11) is -3.47. The van der Waals surface area contributed by atoms with Crippen molar-refractivity contribution in [3.05, 3.63) is 52.3 Å². The van der Waals surface area contributed by atoms with Gasteiger partial charge in [0.1, 0.15) is 0 Å². The second-order valence-electron chi connectivity index (χ2n) is 5.33.